The van der Waals surface area contributed by atoms with E-state index in [1.165, 1.54) is 0 Å². The van der Waals surface area contributed by atoms with E-state index in [1.54, 1.807) is 6.92 Å². The van der Waals surface area contributed by atoms with Gasteiger partial charge in [0.2, 0.25) is 0 Å². The fourth-order valence-electron chi connectivity index (χ4n) is 1.64. The van der Waals surface area contributed by atoms with Gasteiger partial charge in [-0.15, -0.1) is 0 Å². The first-order valence-corrected chi connectivity index (χ1v) is 6.29. The van der Waals surface area contributed by atoms with Gasteiger partial charge in [-0.05, 0) is 34.1 Å². The van der Waals surface area contributed by atoms with E-state index >= 15 is 0 Å². The Bertz CT molecular complexity index is 227. The molecule has 2 atom stereocenters. The molecule has 4 heteroatoms. The van der Waals surface area contributed by atoms with Crippen molar-refractivity contribution in [2.24, 2.45) is 0 Å². The summed E-state index contributed by atoms with van der Waals surface area (Å²) in [5.41, 5.74) is -0.808. The minimum atomic E-state index is -0.808. The average Bonchev–Trinajstić information content (AvgIpc) is 2.24. The van der Waals surface area contributed by atoms with Crippen molar-refractivity contribution >= 4 is 5.78 Å². The van der Waals surface area contributed by atoms with Crippen molar-refractivity contribution in [2.45, 2.75) is 65.3 Å². The minimum Gasteiger partial charge on any atom is -0.394 e. The average molecular weight is 246 g/mol. The standard InChI is InChI=1S/C13H26O4/c1-6-13(5,16-8-7-14)12(15)9-11(4)17-10(2)3/h10-11,14H,6-9H2,1-5H3/t11-,13?/m1/s1. The largest absolute Gasteiger partial charge is 0.394 e. The van der Waals surface area contributed by atoms with E-state index in [0.717, 1.165) is 0 Å². The zero-order chi connectivity index (χ0) is 13.5. The predicted molar refractivity (Wildman–Crippen MR) is 67.0 cm³/mol. The Hall–Kier alpha value is -0.450. The number of carbonyl (C=O) groups is 1. The highest BCUT2D eigenvalue weighted by molar-refractivity contribution is 5.87. The summed E-state index contributed by atoms with van der Waals surface area (Å²) in [4.78, 5) is 12.1. The highest BCUT2D eigenvalue weighted by atomic mass is 16.5. The maximum Gasteiger partial charge on any atom is 0.166 e. The van der Waals surface area contributed by atoms with E-state index in [0.29, 0.717) is 12.8 Å². The molecule has 0 bridgehead atoms. The molecular formula is C13H26O4. The van der Waals surface area contributed by atoms with E-state index in [1.807, 2.05) is 27.7 Å². The summed E-state index contributed by atoms with van der Waals surface area (Å²) in [5, 5.41) is 8.75. The summed E-state index contributed by atoms with van der Waals surface area (Å²) in [6.07, 6.45) is 0.948. The van der Waals surface area contributed by atoms with Gasteiger partial charge in [-0.1, -0.05) is 6.92 Å². The molecule has 1 unspecified atom stereocenters. The summed E-state index contributed by atoms with van der Waals surface area (Å²) in [7, 11) is 0. The lowest BCUT2D eigenvalue weighted by Crippen LogP contribution is -2.40. The molecule has 17 heavy (non-hydrogen) atoms. The van der Waals surface area contributed by atoms with Gasteiger partial charge in [-0.3, -0.25) is 4.79 Å². The number of aliphatic hydroxyl groups excluding tert-OH is 1. The number of ketones is 1. The number of Topliss-reactive ketones (excluding diaryl/α,β-unsaturated/α-hetero) is 1. The molecule has 1 N–H and O–H groups in total. The van der Waals surface area contributed by atoms with Crippen molar-refractivity contribution in [3.63, 3.8) is 0 Å². The van der Waals surface area contributed by atoms with Crippen molar-refractivity contribution in [2.75, 3.05) is 13.2 Å². The zero-order valence-electron chi connectivity index (χ0n) is 11.7. The van der Waals surface area contributed by atoms with Crippen LogP contribution in [0, 0.1) is 0 Å². The molecule has 0 radical (unpaired) electrons. The Kier molecular flexibility index (Phi) is 7.59. The third-order valence-corrected chi connectivity index (χ3v) is 2.75. The second-order valence-corrected chi connectivity index (χ2v) is 4.78. The Morgan fingerprint density at radius 3 is 2.35 bits per heavy atom. The molecule has 0 aromatic carbocycles. The van der Waals surface area contributed by atoms with Crippen LogP contribution in [0.25, 0.3) is 0 Å². The van der Waals surface area contributed by atoms with Crippen LogP contribution in [0.4, 0.5) is 0 Å². The van der Waals surface area contributed by atoms with E-state index in [2.05, 4.69) is 0 Å². The second-order valence-electron chi connectivity index (χ2n) is 4.78. The van der Waals surface area contributed by atoms with Crippen LogP contribution < -0.4 is 0 Å². The highest BCUT2D eigenvalue weighted by Gasteiger charge is 2.32. The predicted octanol–water partition coefficient (Wildman–Crippen LogP) is 1.94. The Morgan fingerprint density at radius 2 is 1.94 bits per heavy atom. The van der Waals surface area contributed by atoms with Crippen molar-refractivity contribution in [1.29, 1.82) is 0 Å². The SMILES string of the molecule is CCC(C)(OCCO)C(=O)C[C@@H](C)OC(C)C. The molecule has 0 spiro atoms. The Balaban J connectivity index is 4.33. The van der Waals surface area contributed by atoms with Crippen LogP contribution in [-0.2, 0) is 14.3 Å². The molecule has 0 aliphatic carbocycles. The molecule has 0 fully saturated rings. The van der Waals surface area contributed by atoms with Crippen molar-refractivity contribution in [3.8, 4) is 0 Å². The second kappa shape index (κ2) is 7.80. The summed E-state index contributed by atoms with van der Waals surface area (Å²) in [6.45, 7) is 9.58. The lowest BCUT2D eigenvalue weighted by Gasteiger charge is -2.28. The van der Waals surface area contributed by atoms with Crippen molar-refractivity contribution in [1.82, 2.24) is 0 Å². The summed E-state index contributed by atoms with van der Waals surface area (Å²) < 4.78 is 11.0. The molecule has 0 rings (SSSR count). The molecule has 0 amide bonds. The number of hydrogen-bond acceptors (Lipinski definition) is 4. The Morgan fingerprint density at radius 1 is 1.35 bits per heavy atom. The first kappa shape index (κ1) is 16.6. The summed E-state index contributed by atoms with van der Waals surface area (Å²) in [5.74, 6) is 0.0293. The smallest absolute Gasteiger partial charge is 0.166 e. The van der Waals surface area contributed by atoms with Gasteiger partial charge in [0.15, 0.2) is 5.78 Å². The van der Waals surface area contributed by atoms with Crippen LogP contribution in [0.3, 0.4) is 0 Å². The lowest BCUT2D eigenvalue weighted by molar-refractivity contribution is -0.147. The molecule has 0 heterocycles. The molecule has 0 aliphatic rings. The normalized spacial score (nSPS) is 16.9. The number of aliphatic hydroxyl groups is 1. The van der Waals surface area contributed by atoms with Gasteiger partial charge < -0.3 is 14.6 Å². The minimum absolute atomic E-state index is 0.0293. The molecule has 0 aromatic rings. The highest BCUT2D eigenvalue weighted by Crippen LogP contribution is 2.20. The van der Waals surface area contributed by atoms with Gasteiger partial charge in [-0.2, -0.15) is 0 Å². The molecule has 0 saturated heterocycles. The zero-order valence-corrected chi connectivity index (χ0v) is 11.7. The number of rotatable bonds is 9. The number of hydrogen-bond donors (Lipinski definition) is 1. The first-order valence-electron chi connectivity index (χ1n) is 6.29. The van der Waals surface area contributed by atoms with Crippen LogP contribution in [-0.4, -0.2) is 41.9 Å². The van der Waals surface area contributed by atoms with Gasteiger partial charge >= 0.3 is 0 Å². The Labute approximate surface area is 104 Å². The van der Waals surface area contributed by atoms with Crippen molar-refractivity contribution < 1.29 is 19.4 Å². The number of ether oxygens (including phenoxy) is 2. The first-order chi connectivity index (χ1) is 7.85. The molecule has 0 saturated carbocycles. The molecule has 0 aliphatic heterocycles. The van der Waals surface area contributed by atoms with Gasteiger partial charge in [0.25, 0.3) is 0 Å². The quantitative estimate of drug-likeness (QED) is 0.675. The molecular weight excluding hydrogens is 220 g/mol. The van der Waals surface area contributed by atoms with Gasteiger partial charge in [0, 0.05) is 6.42 Å². The van der Waals surface area contributed by atoms with E-state index in [9.17, 15) is 4.79 Å². The van der Waals surface area contributed by atoms with Crippen LogP contribution >= 0.6 is 0 Å². The number of carbonyl (C=O) groups excluding carboxylic acids is 1. The third kappa shape index (κ3) is 6.15. The van der Waals surface area contributed by atoms with Gasteiger partial charge in [0.1, 0.15) is 5.60 Å². The summed E-state index contributed by atoms with van der Waals surface area (Å²) in [6, 6.07) is 0. The molecule has 4 nitrogen and oxygen atoms in total. The maximum absolute atomic E-state index is 12.1. The van der Waals surface area contributed by atoms with Gasteiger partial charge in [0.05, 0.1) is 25.4 Å². The van der Waals surface area contributed by atoms with E-state index < -0.39 is 5.60 Å². The van der Waals surface area contributed by atoms with Crippen LogP contribution in [0.2, 0.25) is 0 Å². The van der Waals surface area contributed by atoms with Crippen LogP contribution in [0.1, 0.15) is 47.5 Å². The van der Waals surface area contributed by atoms with Crippen LogP contribution in [0.5, 0.6) is 0 Å². The van der Waals surface area contributed by atoms with E-state index in [-0.39, 0.29) is 31.2 Å². The van der Waals surface area contributed by atoms with Crippen LogP contribution in [0.15, 0.2) is 0 Å². The van der Waals surface area contributed by atoms with Crippen molar-refractivity contribution in [3.05, 3.63) is 0 Å². The molecule has 0 aromatic heterocycles. The summed E-state index contributed by atoms with van der Waals surface area (Å²) >= 11 is 0. The topological polar surface area (TPSA) is 55.8 Å². The monoisotopic (exact) mass is 246 g/mol. The van der Waals surface area contributed by atoms with E-state index in [4.69, 9.17) is 14.6 Å². The third-order valence-electron chi connectivity index (χ3n) is 2.75. The maximum atomic E-state index is 12.1. The fraction of sp³-hybridized carbons (Fsp3) is 0.923. The van der Waals surface area contributed by atoms with Gasteiger partial charge in [-0.25, -0.2) is 0 Å². The fourth-order valence-corrected chi connectivity index (χ4v) is 1.64. The molecule has 102 valence electrons. The lowest BCUT2D eigenvalue weighted by atomic mass is 9.93.